The average Bonchev–Trinajstić information content (AvgIpc) is 2.15. The minimum atomic E-state index is -2.45. The van der Waals surface area contributed by atoms with Gasteiger partial charge in [-0.05, 0) is 66.6 Å². The van der Waals surface area contributed by atoms with Crippen LogP contribution in [0.4, 0.5) is 0 Å². The summed E-state index contributed by atoms with van der Waals surface area (Å²) in [6, 6.07) is 42.1. The minimum absolute atomic E-state index is 0.00766. The van der Waals surface area contributed by atoms with Gasteiger partial charge in [0.05, 0.1) is 23.5 Å². The Hall–Kier alpha value is -8.15. The maximum atomic E-state index is 16.6. The number of carbonyl (C=O) groups excluding carboxylic acids is 6. The number of carbonyl (C=O) groups is 6. The van der Waals surface area contributed by atoms with E-state index in [2.05, 4.69) is 0 Å². The Morgan fingerprint density at radius 3 is 1.86 bits per heavy atom. The van der Waals surface area contributed by atoms with Gasteiger partial charge in [0.25, 0.3) is 0 Å². The number of ether oxygens (including phenoxy) is 9. The molecule has 0 spiro atoms. The lowest BCUT2D eigenvalue weighted by Crippen LogP contribution is -2.81. The third-order valence-corrected chi connectivity index (χ3v) is 16.0. The van der Waals surface area contributed by atoms with Gasteiger partial charge in [-0.1, -0.05) is 124 Å². The summed E-state index contributed by atoms with van der Waals surface area (Å²) in [7, 11) is 0. The highest BCUT2D eigenvalue weighted by Gasteiger charge is 2.79. The number of allylic oxidation sites excluding steroid dienone is 1. The van der Waals surface area contributed by atoms with Crippen LogP contribution in [-0.2, 0) is 57.1 Å². The molecule has 1 unspecified atom stereocenters. The van der Waals surface area contributed by atoms with Crippen molar-refractivity contribution >= 4 is 41.5 Å². The lowest BCUT2D eigenvalue weighted by atomic mass is 9.45. The zero-order valence-corrected chi connectivity index (χ0v) is 43.6. The van der Waals surface area contributed by atoms with Gasteiger partial charge in [-0.15, -0.1) is 0 Å². The molecule has 1 N–H and O–H groups in total. The van der Waals surface area contributed by atoms with Crippen molar-refractivity contribution in [2.24, 2.45) is 27.7 Å². The number of rotatable bonds is 15. The summed E-state index contributed by atoms with van der Waals surface area (Å²) < 4.78 is 56.3. The van der Waals surface area contributed by atoms with Gasteiger partial charge in [0.2, 0.25) is 17.8 Å². The number of hydrogen-bond donors (Lipinski definition) is 1. The second-order valence-corrected chi connectivity index (χ2v) is 21.0. The Morgan fingerprint density at radius 2 is 1.28 bits per heavy atom. The van der Waals surface area contributed by atoms with Crippen molar-refractivity contribution < 1.29 is 76.5 Å². The Labute approximate surface area is 450 Å². The second-order valence-electron chi connectivity index (χ2n) is 21.0. The fourth-order valence-electron chi connectivity index (χ4n) is 12.1. The first-order valence-electron chi connectivity index (χ1n) is 25.8. The molecule has 5 aromatic carbocycles. The normalized spacial score (nSPS) is 29.5. The zero-order chi connectivity index (χ0) is 55.0. The van der Waals surface area contributed by atoms with E-state index in [1.807, 2.05) is 24.3 Å². The summed E-state index contributed by atoms with van der Waals surface area (Å²) in [5, 5.41) is 14.3. The Balaban J connectivity index is 1.14. The van der Waals surface area contributed by atoms with Gasteiger partial charge < -0.3 is 47.7 Å². The first-order valence-corrected chi connectivity index (χ1v) is 25.8. The number of aliphatic imine (C=N–C) groups is 1. The number of esters is 5. The maximum absolute atomic E-state index is 16.6. The smallest absolute Gasteiger partial charge is 0.350 e. The second kappa shape index (κ2) is 21.3. The summed E-state index contributed by atoms with van der Waals surface area (Å²) in [5.41, 5.74) is -6.99. The molecule has 3 fully saturated rings. The zero-order valence-electron chi connectivity index (χ0n) is 43.6. The standard InChI is InChI=1S/C61H59NO16/c1-36-43(73-57(68)51-49(38-21-11-6-12-22-38)62-55(76-51)39-23-13-7-14-24-39)32-61(69)54(77-56(67)40-25-15-8-16-26-40)52-59(5,53(66)50(48(36)58(61,3)4)75-47(65)34-71-42-29-19-10-20-30-42)44(31-45-60(52,35-72-45)78-37(2)63)74-46(64)33-70-41-27-17-9-18-28-41/h6-30,36,43-45,49,51-52,54,69H,31-35H2,1-5H3/t36?,43-,44-,45+,49-,51+,52-,54-,59+,60-,61+/m0/s1. The van der Waals surface area contributed by atoms with E-state index < -0.39 is 131 Å². The van der Waals surface area contributed by atoms with E-state index in [0.717, 1.165) is 0 Å². The predicted molar refractivity (Wildman–Crippen MR) is 277 cm³/mol. The molecule has 0 amide bonds. The van der Waals surface area contributed by atoms with Crippen LogP contribution in [0.3, 0.4) is 0 Å². The number of nitrogens with zero attached hydrogens (tertiary/aromatic N) is 1. The molecule has 0 radical (unpaired) electrons. The van der Waals surface area contributed by atoms with Crippen LogP contribution in [0, 0.1) is 22.7 Å². The van der Waals surface area contributed by atoms with Crippen LogP contribution in [-0.4, -0.2) is 108 Å². The van der Waals surface area contributed by atoms with Crippen molar-refractivity contribution in [2.45, 2.75) is 95.2 Å². The molecular formula is C61H59NO16. The monoisotopic (exact) mass is 1060 g/mol. The number of para-hydroxylation sites is 2. The summed E-state index contributed by atoms with van der Waals surface area (Å²) in [6.07, 6.45) is -8.03. The number of Topliss-reactive ketones (excluding diaryl/α,β-unsaturated/α-hetero) is 1. The van der Waals surface area contributed by atoms with Crippen LogP contribution in [0.15, 0.2) is 168 Å². The maximum Gasteiger partial charge on any atom is 0.350 e. The number of aliphatic hydroxyl groups is 1. The molecule has 78 heavy (non-hydrogen) atoms. The molecule has 17 nitrogen and oxygen atoms in total. The average molecular weight is 1060 g/mol. The lowest BCUT2D eigenvalue weighted by molar-refractivity contribution is -0.346. The van der Waals surface area contributed by atoms with E-state index in [1.165, 1.54) is 26.0 Å². The lowest BCUT2D eigenvalue weighted by Gasteiger charge is -2.67. The summed E-state index contributed by atoms with van der Waals surface area (Å²) in [5.74, 6) is -7.99. The fraction of sp³-hybridized carbons (Fsp3) is 0.361. The van der Waals surface area contributed by atoms with Gasteiger partial charge in [-0.25, -0.2) is 24.2 Å². The van der Waals surface area contributed by atoms with Crippen molar-refractivity contribution in [3.05, 3.63) is 180 Å². The van der Waals surface area contributed by atoms with Crippen LogP contribution in [0.1, 0.15) is 75.0 Å². The van der Waals surface area contributed by atoms with Gasteiger partial charge in [-0.3, -0.25) is 9.59 Å². The first kappa shape index (κ1) is 53.3. The van der Waals surface area contributed by atoms with Crippen molar-refractivity contribution in [2.75, 3.05) is 19.8 Å². The third kappa shape index (κ3) is 9.69. The van der Waals surface area contributed by atoms with Gasteiger partial charge in [0.15, 0.2) is 24.6 Å². The van der Waals surface area contributed by atoms with E-state index in [1.54, 1.807) is 136 Å². The quantitative estimate of drug-likeness (QED) is 0.0785. The molecule has 3 aliphatic carbocycles. The topological polar surface area (TPSA) is 218 Å². The van der Waals surface area contributed by atoms with Crippen LogP contribution < -0.4 is 9.47 Å². The summed E-state index contributed by atoms with van der Waals surface area (Å²) >= 11 is 0. The van der Waals surface area contributed by atoms with Gasteiger partial charge in [0, 0.05) is 36.7 Å². The van der Waals surface area contributed by atoms with Crippen molar-refractivity contribution in [3.63, 3.8) is 0 Å². The minimum Gasteiger partial charge on any atom is -0.482 e. The highest BCUT2D eigenvalue weighted by atomic mass is 16.6. The molecule has 2 bridgehead atoms. The van der Waals surface area contributed by atoms with Crippen LogP contribution >= 0.6 is 0 Å². The van der Waals surface area contributed by atoms with E-state index in [-0.39, 0.29) is 30.1 Å². The van der Waals surface area contributed by atoms with Gasteiger partial charge in [0.1, 0.15) is 47.6 Å². The molecule has 2 saturated carbocycles. The van der Waals surface area contributed by atoms with E-state index in [9.17, 15) is 24.3 Å². The highest BCUT2D eigenvalue weighted by Crippen LogP contribution is 2.65. The Bertz CT molecular complexity index is 3130. The molecule has 1 saturated heterocycles. The first-order chi connectivity index (χ1) is 37.4. The number of hydrogen-bond acceptors (Lipinski definition) is 17. The number of benzene rings is 5. The SMILES string of the molecule is CC(=O)O[C@@]12CO[C@@H]1C[C@H](OC(=O)COc1ccccc1)[C@@]1(C)C(=O)C(OC(=O)COc3ccccc3)=C3C(C)[C@@H](OC(=O)[C@@H]4OC(c5ccccc5)=N[C@H]4c4ccccc4)C[C@@](O)([C@@H](OC(=O)c4ccccc4)[C@H]21)C3(C)C. The molecule has 17 heteroatoms. The van der Waals surface area contributed by atoms with Crippen molar-refractivity contribution in [1.82, 2.24) is 0 Å². The largest absolute Gasteiger partial charge is 0.482 e. The summed E-state index contributed by atoms with van der Waals surface area (Å²) in [4.78, 5) is 93.5. The molecular weight excluding hydrogens is 1000 g/mol. The molecule has 2 aliphatic heterocycles. The Morgan fingerprint density at radius 1 is 0.718 bits per heavy atom. The molecule has 404 valence electrons. The van der Waals surface area contributed by atoms with Gasteiger partial charge in [-0.2, -0.15) is 0 Å². The number of ketones is 1. The molecule has 11 atom stereocenters. The van der Waals surface area contributed by atoms with Crippen LogP contribution in [0.5, 0.6) is 11.5 Å². The highest BCUT2D eigenvalue weighted by molar-refractivity contribution is 6.03. The predicted octanol–water partition coefficient (Wildman–Crippen LogP) is 7.68. The molecule has 0 aromatic heterocycles. The number of fused-ring (bicyclic) bond motifs is 5. The van der Waals surface area contributed by atoms with Crippen molar-refractivity contribution in [1.29, 1.82) is 0 Å². The summed E-state index contributed by atoms with van der Waals surface area (Å²) in [6.45, 7) is 5.79. The molecule has 5 aliphatic rings. The van der Waals surface area contributed by atoms with Crippen LogP contribution in [0.25, 0.3) is 0 Å². The third-order valence-electron chi connectivity index (χ3n) is 16.0. The molecule has 10 rings (SSSR count). The van der Waals surface area contributed by atoms with Crippen LogP contribution in [0.2, 0.25) is 0 Å². The van der Waals surface area contributed by atoms with Crippen molar-refractivity contribution in [3.8, 4) is 11.5 Å². The van der Waals surface area contributed by atoms with E-state index >= 15 is 9.59 Å². The Kier molecular flexibility index (Phi) is 14.6. The fourth-order valence-corrected chi connectivity index (χ4v) is 12.1. The molecule has 5 aromatic rings. The molecule has 2 heterocycles. The van der Waals surface area contributed by atoms with E-state index in [0.29, 0.717) is 22.6 Å². The van der Waals surface area contributed by atoms with Gasteiger partial charge >= 0.3 is 29.8 Å². The van der Waals surface area contributed by atoms with E-state index in [4.69, 9.17) is 47.6 Å².